The van der Waals surface area contributed by atoms with Crippen molar-refractivity contribution in [2.24, 2.45) is 0 Å². The molecule has 1 aliphatic heterocycles. The Morgan fingerprint density at radius 2 is 1.86 bits per heavy atom. The highest BCUT2D eigenvalue weighted by Gasteiger charge is 2.20. The average Bonchev–Trinajstić information content (AvgIpc) is 2.48. The van der Waals surface area contributed by atoms with Crippen LogP contribution in [0.25, 0.3) is 0 Å². The highest BCUT2D eigenvalue weighted by molar-refractivity contribution is 7.89. The van der Waals surface area contributed by atoms with Gasteiger partial charge >= 0.3 is 0 Å². The van der Waals surface area contributed by atoms with Crippen LogP contribution < -0.4 is 5.32 Å². The van der Waals surface area contributed by atoms with E-state index in [4.69, 9.17) is 11.6 Å². The molecule has 1 aromatic carbocycles. The molecule has 0 radical (unpaired) electrons. The minimum atomic E-state index is -3.23. The molecule has 0 unspecified atom stereocenters. The number of hydrogen-bond donors (Lipinski definition) is 1. The van der Waals surface area contributed by atoms with Gasteiger partial charge in [-0.25, -0.2) is 12.7 Å². The van der Waals surface area contributed by atoms with Gasteiger partial charge in [0.25, 0.3) is 0 Å². The fourth-order valence-electron chi connectivity index (χ4n) is 2.28. The summed E-state index contributed by atoms with van der Waals surface area (Å²) in [5, 5.41) is 3.92. The van der Waals surface area contributed by atoms with E-state index in [0.717, 1.165) is 31.7 Å². The van der Waals surface area contributed by atoms with Crippen LogP contribution in [0.15, 0.2) is 24.3 Å². The molecule has 1 fully saturated rings. The van der Waals surface area contributed by atoms with Gasteiger partial charge in [-0.15, -0.1) is 0 Å². The van der Waals surface area contributed by atoms with E-state index < -0.39 is 10.0 Å². The van der Waals surface area contributed by atoms with Crippen LogP contribution in [0.4, 0.5) is 0 Å². The Hall–Kier alpha value is -0.660. The lowest BCUT2D eigenvalue weighted by Crippen LogP contribution is -2.46. The van der Waals surface area contributed by atoms with Crippen LogP contribution in [-0.4, -0.2) is 63.1 Å². The molecule has 1 heterocycles. The van der Waals surface area contributed by atoms with Crippen molar-refractivity contribution in [3.63, 3.8) is 0 Å². The van der Waals surface area contributed by atoms with Crippen molar-refractivity contribution in [1.82, 2.24) is 14.5 Å². The van der Waals surface area contributed by atoms with Crippen molar-refractivity contribution >= 4 is 21.6 Å². The molecule has 7 heteroatoms. The van der Waals surface area contributed by atoms with Crippen LogP contribution in [0, 0.1) is 0 Å². The van der Waals surface area contributed by atoms with Crippen LogP contribution >= 0.6 is 11.6 Å². The smallest absolute Gasteiger partial charge is 0.215 e. The summed E-state index contributed by atoms with van der Waals surface area (Å²) < 4.78 is 26.0. The molecular formula is C14H22ClN3O2S. The third-order valence-electron chi connectivity index (χ3n) is 3.67. The fourth-order valence-corrected chi connectivity index (χ4v) is 3.55. The number of hydrogen-bond acceptors (Lipinski definition) is 4. The Labute approximate surface area is 131 Å². The SMILES string of the molecule is CN(Cc1ccc(Cl)cc1)S(=O)(=O)CCN1CCNCC1. The number of rotatable bonds is 6. The standard InChI is InChI=1S/C14H22ClN3O2S/c1-17(12-13-2-4-14(15)5-3-13)21(19,20)11-10-18-8-6-16-7-9-18/h2-5,16H,6-12H2,1H3. The molecule has 1 aliphatic rings. The number of halogens is 1. The second kappa shape index (κ2) is 7.56. The molecule has 0 atom stereocenters. The molecule has 118 valence electrons. The van der Waals surface area contributed by atoms with E-state index >= 15 is 0 Å². The molecular weight excluding hydrogens is 310 g/mol. The normalized spacial score (nSPS) is 17.3. The third kappa shape index (κ3) is 5.23. The van der Waals surface area contributed by atoms with E-state index in [9.17, 15) is 8.42 Å². The quantitative estimate of drug-likeness (QED) is 0.845. The van der Waals surface area contributed by atoms with Crippen molar-refractivity contribution in [3.8, 4) is 0 Å². The summed E-state index contributed by atoms with van der Waals surface area (Å²) in [5.41, 5.74) is 0.938. The first-order valence-electron chi connectivity index (χ1n) is 7.09. The van der Waals surface area contributed by atoms with Crippen LogP contribution in [0.5, 0.6) is 0 Å². The van der Waals surface area contributed by atoms with E-state index in [1.807, 2.05) is 12.1 Å². The van der Waals surface area contributed by atoms with Crippen molar-refractivity contribution in [3.05, 3.63) is 34.9 Å². The fraction of sp³-hybridized carbons (Fsp3) is 0.571. The van der Waals surface area contributed by atoms with Crippen LogP contribution in [-0.2, 0) is 16.6 Å². The Balaban J connectivity index is 1.87. The van der Waals surface area contributed by atoms with Crippen molar-refractivity contribution in [2.45, 2.75) is 6.54 Å². The van der Waals surface area contributed by atoms with Gasteiger partial charge in [0.1, 0.15) is 0 Å². The van der Waals surface area contributed by atoms with Crippen LogP contribution in [0.1, 0.15) is 5.56 Å². The first kappa shape index (κ1) is 16.7. The van der Waals surface area contributed by atoms with E-state index in [-0.39, 0.29) is 5.75 Å². The van der Waals surface area contributed by atoms with Gasteiger partial charge in [0.2, 0.25) is 10.0 Å². The van der Waals surface area contributed by atoms with E-state index in [0.29, 0.717) is 18.1 Å². The molecule has 0 bridgehead atoms. The Morgan fingerprint density at radius 3 is 2.48 bits per heavy atom. The highest BCUT2D eigenvalue weighted by Crippen LogP contribution is 2.12. The molecule has 0 saturated carbocycles. The lowest BCUT2D eigenvalue weighted by Gasteiger charge is -2.27. The van der Waals surface area contributed by atoms with Gasteiger partial charge in [0, 0.05) is 51.3 Å². The Kier molecular flexibility index (Phi) is 6.01. The predicted molar refractivity (Wildman–Crippen MR) is 86.0 cm³/mol. The number of benzene rings is 1. The lowest BCUT2D eigenvalue weighted by atomic mass is 10.2. The zero-order chi connectivity index (χ0) is 15.3. The summed E-state index contributed by atoms with van der Waals surface area (Å²) in [6, 6.07) is 7.26. The average molecular weight is 332 g/mol. The summed E-state index contributed by atoms with van der Waals surface area (Å²) in [4.78, 5) is 2.18. The molecule has 0 aliphatic carbocycles. The topological polar surface area (TPSA) is 52.7 Å². The van der Waals surface area contributed by atoms with Gasteiger partial charge in [0.05, 0.1) is 5.75 Å². The molecule has 1 saturated heterocycles. The second-order valence-electron chi connectivity index (χ2n) is 5.29. The molecule has 2 rings (SSSR count). The van der Waals surface area contributed by atoms with Crippen LogP contribution in [0.3, 0.4) is 0 Å². The summed E-state index contributed by atoms with van der Waals surface area (Å²) >= 11 is 5.83. The molecule has 5 nitrogen and oxygen atoms in total. The van der Waals surface area contributed by atoms with E-state index in [1.165, 1.54) is 4.31 Å². The lowest BCUT2D eigenvalue weighted by molar-refractivity contribution is 0.252. The van der Waals surface area contributed by atoms with Crippen LogP contribution in [0.2, 0.25) is 5.02 Å². The molecule has 0 aromatic heterocycles. The third-order valence-corrected chi connectivity index (χ3v) is 5.70. The van der Waals surface area contributed by atoms with Crippen molar-refractivity contribution < 1.29 is 8.42 Å². The van der Waals surface area contributed by atoms with Gasteiger partial charge in [-0.1, -0.05) is 23.7 Å². The number of piperazine rings is 1. The summed E-state index contributed by atoms with van der Waals surface area (Å²) in [6.45, 7) is 4.66. The Morgan fingerprint density at radius 1 is 1.24 bits per heavy atom. The number of sulfonamides is 1. The van der Waals surface area contributed by atoms with Crippen molar-refractivity contribution in [2.75, 3.05) is 45.5 Å². The maximum atomic E-state index is 12.3. The predicted octanol–water partition coefficient (Wildman–Crippen LogP) is 1.01. The second-order valence-corrected chi connectivity index (χ2v) is 7.92. The Bertz CT molecular complexity index is 542. The maximum Gasteiger partial charge on any atom is 0.215 e. The molecule has 0 amide bonds. The van der Waals surface area contributed by atoms with Gasteiger partial charge in [-0.2, -0.15) is 0 Å². The zero-order valence-corrected chi connectivity index (χ0v) is 13.8. The molecule has 1 aromatic rings. The van der Waals surface area contributed by atoms with Gasteiger partial charge < -0.3 is 5.32 Å². The summed E-state index contributed by atoms with van der Waals surface area (Å²) in [7, 11) is -1.60. The molecule has 1 N–H and O–H groups in total. The monoisotopic (exact) mass is 331 g/mol. The summed E-state index contributed by atoms with van der Waals surface area (Å²) in [6.07, 6.45) is 0. The highest BCUT2D eigenvalue weighted by atomic mass is 35.5. The van der Waals surface area contributed by atoms with Gasteiger partial charge in [0.15, 0.2) is 0 Å². The minimum absolute atomic E-state index is 0.164. The molecule has 21 heavy (non-hydrogen) atoms. The zero-order valence-electron chi connectivity index (χ0n) is 12.3. The first-order chi connectivity index (χ1) is 9.97. The van der Waals surface area contributed by atoms with E-state index in [1.54, 1.807) is 19.2 Å². The maximum absolute atomic E-state index is 12.3. The van der Waals surface area contributed by atoms with Gasteiger partial charge in [-0.05, 0) is 17.7 Å². The summed E-state index contributed by atoms with van der Waals surface area (Å²) in [5.74, 6) is 0.164. The largest absolute Gasteiger partial charge is 0.314 e. The van der Waals surface area contributed by atoms with Crippen molar-refractivity contribution in [1.29, 1.82) is 0 Å². The van der Waals surface area contributed by atoms with E-state index in [2.05, 4.69) is 10.2 Å². The number of nitrogens with one attached hydrogen (secondary N) is 1. The van der Waals surface area contributed by atoms with Gasteiger partial charge in [-0.3, -0.25) is 4.90 Å². The number of nitrogens with zero attached hydrogens (tertiary/aromatic N) is 2. The first-order valence-corrected chi connectivity index (χ1v) is 9.07. The molecule has 0 spiro atoms. The minimum Gasteiger partial charge on any atom is -0.314 e.